The molecule has 3 heterocycles. The Balaban J connectivity index is 1.50. The smallest absolute Gasteiger partial charge is 0.272 e. The lowest BCUT2D eigenvalue weighted by Crippen LogP contribution is -2.54. The largest absolute Gasteiger partial charge is 0.342 e. The Bertz CT molecular complexity index is 829. The first kappa shape index (κ1) is 18.7. The van der Waals surface area contributed by atoms with Crippen molar-refractivity contribution in [3.8, 4) is 0 Å². The van der Waals surface area contributed by atoms with Crippen LogP contribution in [-0.2, 0) is 4.79 Å². The van der Waals surface area contributed by atoms with Gasteiger partial charge in [-0.1, -0.05) is 36.4 Å². The molecule has 1 aromatic heterocycles. The second kappa shape index (κ2) is 7.74. The molecule has 1 spiro atoms. The van der Waals surface area contributed by atoms with Crippen LogP contribution in [0.25, 0.3) is 0 Å². The van der Waals surface area contributed by atoms with Crippen LogP contribution in [-0.4, -0.2) is 52.8 Å². The molecule has 2 aliphatic heterocycles. The number of benzene rings is 1. The number of pyridine rings is 1. The highest BCUT2D eigenvalue weighted by atomic mass is 16.2. The Morgan fingerprint density at radius 2 is 1.82 bits per heavy atom. The van der Waals surface area contributed by atoms with Gasteiger partial charge < -0.3 is 9.80 Å². The SMILES string of the molecule is CCN1CC2(CCN(C(=O)c3ccccn3)CC2)C[C@@H](c2ccccc2)C1=O. The summed E-state index contributed by atoms with van der Waals surface area (Å²) < 4.78 is 0. The van der Waals surface area contributed by atoms with Crippen LogP contribution >= 0.6 is 0 Å². The molecule has 28 heavy (non-hydrogen) atoms. The maximum Gasteiger partial charge on any atom is 0.272 e. The van der Waals surface area contributed by atoms with Crippen LogP contribution in [0, 0.1) is 5.41 Å². The zero-order chi connectivity index (χ0) is 19.6. The Kier molecular flexibility index (Phi) is 5.16. The van der Waals surface area contributed by atoms with Gasteiger partial charge in [-0.25, -0.2) is 0 Å². The third-order valence-electron chi connectivity index (χ3n) is 6.35. The van der Waals surface area contributed by atoms with E-state index in [0.29, 0.717) is 5.69 Å². The van der Waals surface area contributed by atoms with Crippen molar-refractivity contribution in [1.29, 1.82) is 0 Å². The second-order valence-corrected chi connectivity index (χ2v) is 8.03. The third-order valence-corrected chi connectivity index (χ3v) is 6.35. The van der Waals surface area contributed by atoms with E-state index in [1.165, 1.54) is 0 Å². The number of amides is 2. The second-order valence-electron chi connectivity index (χ2n) is 8.03. The fourth-order valence-electron chi connectivity index (χ4n) is 4.70. The molecular weight excluding hydrogens is 350 g/mol. The van der Waals surface area contributed by atoms with Crippen molar-refractivity contribution >= 4 is 11.8 Å². The van der Waals surface area contributed by atoms with E-state index in [1.807, 2.05) is 40.1 Å². The minimum Gasteiger partial charge on any atom is -0.342 e. The maximum atomic E-state index is 13.0. The molecule has 0 N–H and O–H groups in total. The van der Waals surface area contributed by atoms with Gasteiger partial charge in [-0.3, -0.25) is 14.6 Å². The summed E-state index contributed by atoms with van der Waals surface area (Å²) in [7, 11) is 0. The van der Waals surface area contributed by atoms with Crippen LogP contribution in [0.3, 0.4) is 0 Å². The quantitative estimate of drug-likeness (QED) is 0.824. The van der Waals surface area contributed by atoms with E-state index in [-0.39, 0.29) is 23.1 Å². The Labute approximate surface area is 166 Å². The average molecular weight is 377 g/mol. The van der Waals surface area contributed by atoms with E-state index in [9.17, 15) is 9.59 Å². The van der Waals surface area contributed by atoms with E-state index >= 15 is 0 Å². The Morgan fingerprint density at radius 1 is 1.11 bits per heavy atom. The van der Waals surface area contributed by atoms with Crippen LogP contribution < -0.4 is 0 Å². The minimum absolute atomic E-state index is 0.00860. The molecular formula is C23H27N3O2. The summed E-state index contributed by atoms with van der Waals surface area (Å²) in [6.45, 7) is 5.04. The molecule has 146 valence electrons. The molecule has 1 atom stereocenters. The predicted molar refractivity (Wildman–Crippen MR) is 108 cm³/mol. The molecule has 0 unspecified atom stereocenters. The van der Waals surface area contributed by atoms with E-state index in [0.717, 1.165) is 51.0 Å². The van der Waals surface area contributed by atoms with Gasteiger partial charge in [0.15, 0.2) is 0 Å². The summed E-state index contributed by atoms with van der Waals surface area (Å²) in [5.74, 6) is 0.175. The molecule has 0 aliphatic carbocycles. The van der Waals surface area contributed by atoms with E-state index in [4.69, 9.17) is 0 Å². The number of rotatable bonds is 3. The molecule has 2 saturated heterocycles. The predicted octanol–water partition coefficient (Wildman–Crippen LogP) is 3.34. The first-order valence-electron chi connectivity index (χ1n) is 10.2. The van der Waals surface area contributed by atoms with Crippen molar-refractivity contribution in [2.45, 2.75) is 32.1 Å². The molecule has 5 heteroatoms. The topological polar surface area (TPSA) is 53.5 Å². The van der Waals surface area contributed by atoms with Crippen molar-refractivity contribution in [3.63, 3.8) is 0 Å². The van der Waals surface area contributed by atoms with Crippen molar-refractivity contribution in [2.75, 3.05) is 26.2 Å². The molecule has 2 aromatic rings. The lowest BCUT2D eigenvalue weighted by molar-refractivity contribution is -0.141. The molecule has 2 fully saturated rings. The van der Waals surface area contributed by atoms with Crippen molar-refractivity contribution < 1.29 is 9.59 Å². The average Bonchev–Trinajstić information content (AvgIpc) is 2.76. The van der Waals surface area contributed by atoms with Gasteiger partial charge in [0.2, 0.25) is 5.91 Å². The van der Waals surface area contributed by atoms with Gasteiger partial charge in [0.1, 0.15) is 5.69 Å². The number of aromatic nitrogens is 1. The van der Waals surface area contributed by atoms with Crippen molar-refractivity contribution in [2.24, 2.45) is 5.41 Å². The van der Waals surface area contributed by atoms with Crippen LogP contribution in [0.5, 0.6) is 0 Å². The number of hydrogen-bond donors (Lipinski definition) is 0. The van der Waals surface area contributed by atoms with E-state index < -0.39 is 0 Å². The van der Waals surface area contributed by atoms with Crippen molar-refractivity contribution in [1.82, 2.24) is 14.8 Å². The summed E-state index contributed by atoms with van der Waals surface area (Å²) in [6, 6.07) is 15.6. The monoisotopic (exact) mass is 377 g/mol. The Morgan fingerprint density at radius 3 is 2.46 bits per heavy atom. The zero-order valence-electron chi connectivity index (χ0n) is 16.4. The fourth-order valence-corrected chi connectivity index (χ4v) is 4.70. The summed E-state index contributed by atoms with van der Waals surface area (Å²) in [4.78, 5) is 33.8. The standard InChI is InChI=1S/C23H27N3O2/c1-2-25-17-23(16-19(21(25)27)18-8-4-3-5-9-18)11-14-26(15-12-23)22(28)20-10-6-7-13-24-20/h3-10,13,19H,2,11-12,14-17H2,1H3/t19-/m0/s1. The van der Waals surface area contributed by atoms with Crippen LogP contribution in [0.4, 0.5) is 0 Å². The number of likely N-dealkylation sites (N-methyl/N-ethyl adjacent to an activating group) is 1. The summed E-state index contributed by atoms with van der Waals surface area (Å²) in [5.41, 5.74) is 1.71. The number of nitrogens with zero attached hydrogens (tertiary/aromatic N) is 3. The van der Waals surface area contributed by atoms with Crippen molar-refractivity contribution in [3.05, 3.63) is 66.0 Å². The molecule has 5 nitrogen and oxygen atoms in total. The normalized spacial score (nSPS) is 21.8. The first-order chi connectivity index (χ1) is 13.6. The highest BCUT2D eigenvalue weighted by molar-refractivity contribution is 5.92. The van der Waals surface area contributed by atoms with E-state index in [1.54, 1.807) is 12.3 Å². The molecule has 4 rings (SSSR count). The molecule has 0 radical (unpaired) electrons. The lowest BCUT2D eigenvalue weighted by atomic mass is 9.67. The van der Waals surface area contributed by atoms with Crippen LogP contribution in [0.1, 0.15) is 48.2 Å². The number of likely N-dealkylation sites (tertiary alicyclic amines) is 2. The number of hydrogen-bond acceptors (Lipinski definition) is 3. The van der Waals surface area contributed by atoms with Gasteiger partial charge in [0, 0.05) is 32.4 Å². The fraction of sp³-hybridized carbons (Fsp3) is 0.435. The highest BCUT2D eigenvalue weighted by Gasteiger charge is 2.46. The molecule has 0 bridgehead atoms. The van der Waals surface area contributed by atoms with Gasteiger partial charge in [0.25, 0.3) is 5.91 Å². The van der Waals surface area contributed by atoms with Crippen LogP contribution in [0.15, 0.2) is 54.7 Å². The van der Waals surface area contributed by atoms with E-state index in [2.05, 4.69) is 24.0 Å². The summed E-state index contributed by atoms with van der Waals surface area (Å²) in [6.07, 6.45) is 4.39. The first-order valence-corrected chi connectivity index (χ1v) is 10.2. The molecule has 1 aromatic carbocycles. The summed E-state index contributed by atoms with van der Waals surface area (Å²) >= 11 is 0. The third kappa shape index (κ3) is 3.53. The maximum absolute atomic E-state index is 13.0. The summed E-state index contributed by atoms with van der Waals surface area (Å²) in [5, 5.41) is 0. The minimum atomic E-state index is -0.0760. The van der Waals surface area contributed by atoms with Gasteiger partial charge >= 0.3 is 0 Å². The molecule has 0 saturated carbocycles. The number of carbonyl (C=O) groups is 2. The highest BCUT2D eigenvalue weighted by Crippen LogP contribution is 2.45. The lowest BCUT2D eigenvalue weighted by Gasteiger charge is -2.49. The molecule has 2 aliphatic rings. The number of carbonyl (C=O) groups excluding carboxylic acids is 2. The van der Waals surface area contributed by atoms with Gasteiger partial charge in [0.05, 0.1) is 5.92 Å². The van der Waals surface area contributed by atoms with Gasteiger partial charge in [-0.2, -0.15) is 0 Å². The zero-order valence-corrected chi connectivity index (χ0v) is 16.4. The van der Waals surface area contributed by atoms with Gasteiger partial charge in [-0.15, -0.1) is 0 Å². The van der Waals surface area contributed by atoms with Gasteiger partial charge in [-0.05, 0) is 49.3 Å². The number of piperidine rings is 2. The Hall–Kier alpha value is -2.69. The molecule has 2 amide bonds. The van der Waals surface area contributed by atoms with Crippen LogP contribution in [0.2, 0.25) is 0 Å².